The van der Waals surface area contributed by atoms with Gasteiger partial charge in [-0.25, -0.2) is 0 Å². The maximum absolute atomic E-state index is 2.50. The van der Waals surface area contributed by atoms with E-state index in [1.165, 1.54) is 150 Å². The first kappa shape index (κ1) is 46.6. The highest BCUT2D eigenvalue weighted by molar-refractivity contribution is 6.12. The van der Waals surface area contributed by atoms with Crippen molar-refractivity contribution in [3.63, 3.8) is 0 Å². The molecule has 2 heteroatoms. The molecule has 0 radical (unpaired) electrons. The van der Waals surface area contributed by atoms with Crippen molar-refractivity contribution in [2.45, 2.75) is 50.9 Å². The standard InChI is InChI=1S/C78H58N2/c1-78(2)72-20-10-7-17-66(72)67-44-42-61(49-73(67)78)80-76-45-38-58(54-27-23-50(24-28-54)52-31-33-57(34-32-52)63-43-37-56-13-3-4-14-62(56)64-15-5-6-16-65(63)64)47-70(76)71-48-59(39-46-77(71)80)55-29-25-51(26-30-55)53-35-40-60(41-36-53)79-74-21-11-8-18-68(74)69-19-9-12-22-75(69)79/h3-35,38-40,42,44-49,63H,36-37,41,43H2,1-2H3. The summed E-state index contributed by atoms with van der Waals surface area (Å²) in [4.78, 5) is 0. The van der Waals surface area contributed by atoms with Crippen molar-refractivity contribution < 1.29 is 0 Å². The molecule has 13 aromatic rings. The van der Waals surface area contributed by atoms with E-state index in [4.69, 9.17) is 0 Å². The van der Waals surface area contributed by atoms with Crippen molar-refractivity contribution in [2.24, 2.45) is 0 Å². The third-order valence-electron chi connectivity index (χ3n) is 18.4. The van der Waals surface area contributed by atoms with Crippen molar-refractivity contribution in [3.8, 4) is 61.3 Å². The van der Waals surface area contributed by atoms with E-state index in [1.807, 2.05) is 0 Å². The van der Waals surface area contributed by atoms with E-state index in [0.717, 1.165) is 25.7 Å². The molecule has 11 aromatic carbocycles. The van der Waals surface area contributed by atoms with Gasteiger partial charge in [0.2, 0.25) is 0 Å². The molecule has 3 aliphatic rings. The summed E-state index contributed by atoms with van der Waals surface area (Å²) in [6, 6.07) is 93.7. The van der Waals surface area contributed by atoms with Crippen molar-refractivity contribution >= 4 is 54.9 Å². The Bertz CT molecular complexity index is 4650. The number of nitrogens with zero attached hydrogens (tertiary/aromatic N) is 2. The topological polar surface area (TPSA) is 9.86 Å². The van der Waals surface area contributed by atoms with Crippen LogP contribution in [0.1, 0.15) is 72.4 Å². The molecule has 0 N–H and O–H groups in total. The van der Waals surface area contributed by atoms with Gasteiger partial charge < -0.3 is 9.13 Å². The lowest BCUT2D eigenvalue weighted by molar-refractivity contribution is 0.660. The van der Waals surface area contributed by atoms with E-state index in [1.54, 1.807) is 0 Å². The molecule has 2 aromatic heterocycles. The van der Waals surface area contributed by atoms with Gasteiger partial charge in [-0.1, -0.05) is 220 Å². The Morgan fingerprint density at radius 3 is 1.51 bits per heavy atom. The van der Waals surface area contributed by atoms with Gasteiger partial charge in [0.05, 0.1) is 22.1 Å². The van der Waals surface area contributed by atoms with Gasteiger partial charge in [-0.3, -0.25) is 0 Å². The summed E-state index contributed by atoms with van der Waals surface area (Å²) in [6.45, 7) is 4.75. The number of rotatable bonds is 7. The molecule has 3 aliphatic carbocycles. The lowest BCUT2D eigenvalue weighted by Crippen LogP contribution is -2.15. The largest absolute Gasteiger partial charge is 0.313 e. The van der Waals surface area contributed by atoms with Gasteiger partial charge in [-0.15, -0.1) is 0 Å². The van der Waals surface area contributed by atoms with E-state index >= 15 is 0 Å². The van der Waals surface area contributed by atoms with Crippen LogP contribution in [0.2, 0.25) is 0 Å². The number of fused-ring (bicyclic) bond motifs is 12. The number of para-hydroxylation sites is 2. The molecular weight excluding hydrogens is 965 g/mol. The minimum Gasteiger partial charge on any atom is -0.313 e. The zero-order valence-corrected chi connectivity index (χ0v) is 45.1. The predicted octanol–water partition coefficient (Wildman–Crippen LogP) is 20.7. The maximum atomic E-state index is 2.50. The highest BCUT2D eigenvalue weighted by Gasteiger charge is 2.35. The van der Waals surface area contributed by atoms with Gasteiger partial charge in [-0.05, 0) is 175 Å². The van der Waals surface area contributed by atoms with E-state index < -0.39 is 0 Å². The van der Waals surface area contributed by atoms with Crippen molar-refractivity contribution in [1.29, 1.82) is 0 Å². The quantitative estimate of drug-likeness (QED) is 0.151. The van der Waals surface area contributed by atoms with Crippen LogP contribution in [0.25, 0.3) is 116 Å². The number of allylic oxidation sites excluding steroid dienone is 4. The van der Waals surface area contributed by atoms with Gasteiger partial charge >= 0.3 is 0 Å². The number of hydrogen-bond acceptors (Lipinski definition) is 0. The molecule has 0 spiro atoms. The smallest absolute Gasteiger partial charge is 0.0541 e. The molecule has 1 unspecified atom stereocenters. The Morgan fingerprint density at radius 1 is 0.350 bits per heavy atom. The maximum Gasteiger partial charge on any atom is 0.0541 e. The van der Waals surface area contributed by atoms with Crippen LogP contribution in [0, 0.1) is 0 Å². The third kappa shape index (κ3) is 7.39. The fraction of sp³-hybridized carbons (Fsp3) is 0.103. The number of hydrogen-bond donors (Lipinski definition) is 0. The molecular formula is C78H58N2. The summed E-state index contributed by atoms with van der Waals surface area (Å²) in [5, 5.41) is 5.12. The minimum atomic E-state index is -0.103. The van der Waals surface area contributed by atoms with E-state index in [0.29, 0.717) is 5.92 Å². The highest BCUT2D eigenvalue weighted by atomic mass is 15.0. The lowest BCUT2D eigenvalue weighted by atomic mass is 9.82. The Hall–Kier alpha value is -9.50. The normalized spacial score (nSPS) is 15.3. The molecule has 0 saturated carbocycles. The molecule has 0 fully saturated rings. The SMILES string of the molecule is CC1(C)c2ccccc2-c2ccc(-n3c4ccc(-c5ccc(C6=CC=C(n7c8ccccc8c8ccccc87)CC6)cc5)cc4c4cc(-c5ccc(-c6ccc(C7CCc8ccccc8-c8ccccc87)cc6)cc5)ccc43)cc21. The lowest BCUT2D eigenvalue weighted by Gasteiger charge is -2.22. The zero-order chi connectivity index (χ0) is 53.1. The fourth-order valence-electron chi connectivity index (χ4n) is 14.3. The summed E-state index contributed by atoms with van der Waals surface area (Å²) < 4.78 is 4.96. The van der Waals surface area contributed by atoms with Crippen molar-refractivity contribution in [1.82, 2.24) is 9.13 Å². The number of aryl methyl sites for hydroxylation is 1. The molecule has 0 amide bonds. The average molecular weight is 1020 g/mol. The molecule has 0 aliphatic heterocycles. The number of benzene rings is 11. The van der Waals surface area contributed by atoms with Crippen molar-refractivity contribution in [2.75, 3.05) is 0 Å². The van der Waals surface area contributed by atoms with Gasteiger partial charge in [0.25, 0.3) is 0 Å². The minimum absolute atomic E-state index is 0.103. The first-order chi connectivity index (χ1) is 39.4. The molecule has 1 atom stereocenters. The van der Waals surface area contributed by atoms with E-state index in [9.17, 15) is 0 Å². The van der Waals surface area contributed by atoms with Crippen LogP contribution >= 0.6 is 0 Å². The molecule has 0 saturated heterocycles. The second kappa shape index (κ2) is 18.3. The Labute approximate surface area is 467 Å². The monoisotopic (exact) mass is 1020 g/mol. The predicted molar refractivity (Wildman–Crippen MR) is 338 cm³/mol. The van der Waals surface area contributed by atoms with Crippen molar-refractivity contribution in [3.05, 3.63) is 294 Å². The van der Waals surface area contributed by atoms with Crippen LogP contribution < -0.4 is 0 Å². The van der Waals surface area contributed by atoms with Gasteiger partial charge in [-0.2, -0.15) is 0 Å². The molecule has 16 rings (SSSR count). The number of aromatic nitrogens is 2. The summed E-state index contributed by atoms with van der Waals surface area (Å²) in [5.74, 6) is 0.357. The molecule has 2 nitrogen and oxygen atoms in total. The van der Waals surface area contributed by atoms with Crippen LogP contribution in [0.5, 0.6) is 0 Å². The summed E-state index contributed by atoms with van der Waals surface area (Å²) in [6.07, 6.45) is 8.84. The van der Waals surface area contributed by atoms with Crippen LogP contribution in [0.4, 0.5) is 0 Å². The Kier molecular flexibility index (Phi) is 10.7. The van der Waals surface area contributed by atoms with Crippen LogP contribution in [0.15, 0.2) is 261 Å². The van der Waals surface area contributed by atoms with E-state index in [2.05, 4.69) is 284 Å². The summed E-state index contributed by atoms with van der Waals surface area (Å²) in [5.41, 5.74) is 29.8. The Morgan fingerprint density at radius 2 is 0.863 bits per heavy atom. The van der Waals surface area contributed by atoms with Gasteiger partial charge in [0.1, 0.15) is 0 Å². The second-order valence-electron chi connectivity index (χ2n) is 23.0. The zero-order valence-electron chi connectivity index (χ0n) is 45.1. The first-order valence-electron chi connectivity index (χ1n) is 28.6. The molecule has 380 valence electrons. The van der Waals surface area contributed by atoms with Crippen LogP contribution in [-0.2, 0) is 11.8 Å². The van der Waals surface area contributed by atoms with Crippen LogP contribution in [-0.4, -0.2) is 9.13 Å². The fourth-order valence-corrected chi connectivity index (χ4v) is 14.3. The van der Waals surface area contributed by atoms with Gasteiger partial charge in [0, 0.05) is 44.3 Å². The average Bonchev–Trinajstić information content (AvgIpc) is 4.18. The molecule has 0 bridgehead atoms. The summed E-state index contributed by atoms with van der Waals surface area (Å²) in [7, 11) is 0. The van der Waals surface area contributed by atoms with E-state index in [-0.39, 0.29) is 5.41 Å². The summed E-state index contributed by atoms with van der Waals surface area (Å²) >= 11 is 0. The van der Waals surface area contributed by atoms with Gasteiger partial charge in [0.15, 0.2) is 0 Å². The third-order valence-corrected chi connectivity index (χ3v) is 18.4. The second-order valence-corrected chi connectivity index (χ2v) is 23.0. The highest BCUT2D eigenvalue weighted by Crippen LogP contribution is 2.50. The van der Waals surface area contributed by atoms with Crippen LogP contribution in [0.3, 0.4) is 0 Å². The molecule has 2 heterocycles. The molecule has 80 heavy (non-hydrogen) atoms. The first-order valence-corrected chi connectivity index (χ1v) is 28.6. The Balaban J connectivity index is 0.736.